The van der Waals surface area contributed by atoms with Crippen molar-refractivity contribution >= 4 is 38.1 Å². The van der Waals surface area contributed by atoms with Crippen molar-refractivity contribution in [1.29, 1.82) is 5.26 Å². The van der Waals surface area contributed by atoms with Gasteiger partial charge in [-0.3, -0.25) is 0 Å². The number of nitrogens with zero attached hydrogens (tertiary/aromatic N) is 1. The van der Waals surface area contributed by atoms with E-state index >= 15 is 0 Å². The molecule has 0 aliphatic rings. The van der Waals surface area contributed by atoms with Crippen LogP contribution in [0, 0.1) is 11.3 Å². The van der Waals surface area contributed by atoms with Gasteiger partial charge < -0.3 is 5.32 Å². The van der Waals surface area contributed by atoms with Crippen LogP contribution < -0.4 is 5.32 Å². The highest BCUT2D eigenvalue weighted by Gasteiger charge is 2.05. The van der Waals surface area contributed by atoms with Gasteiger partial charge in [0.05, 0.1) is 11.6 Å². The zero-order valence-corrected chi connectivity index (χ0v) is 12.2. The van der Waals surface area contributed by atoms with Gasteiger partial charge >= 0.3 is 0 Å². The summed E-state index contributed by atoms with van der Waals surface area (Å²) in [4.78, 5) is 0. The Bertz CT molecular complexity index is 801. The van der Waals surface area contributed by atoms with E-state index in [0.717, 1.165) is 26.6 Å². The minimum absolute atomic E-state index is 0.696. The maximum Gasteiger partial charge on any atom is 0.0998 e. The molecular weight excluding hydrogens is 312 g/mol. The number of fused-ring (bicyclic) bond motifs is 1. The molecule has 0 atom stereocenters. The Morgan fingerprint density at radius 3 is 2.25 bits per heavy atom. The lowest BCUT2D eigenvalue weighted by Crippen LogP contribution is -1.92. The average molecular weight is 323 g/mol. The molecule has 0 aliphatic heterocycles. The Morgan fingerprint density at radius 2 is 1.55 bits per heavy atom. The monoisotopic (exact) mass is 322 g/mol. The molecule has 1 N–H and O–H groups in total. The highest BCUT2D eigenvalue weighted by atomic mass is 79.9. The van der Waals surface area contributed by atoms with Crippen molar-refractivity contribution in [3.05, 3.63) is 70.7 Å². The number of halogens is 1. The van der Waals surface area contributed by atoms with Gasteiger partial charge in [0, 0.05) is 26.6 Å². The van der Waals surface area contributed by atoms with Crippen molar-refractivity contribution in [2.45, 2.75) is 0 Å². The molecule has 20 heavy (non-hydrogen) atoms. The lowest BCUT2D eigenvalue weighted by Gasteiger charge is -2.11. The molecule has 0 spiro atoms. The molecule has 0 radical (unpaired) electrons. The number of hydrogen-bond acceptors (Lipinski definition) is 2. The van der Waals surface area contributed by atoms with E-state index in [1.165, 1.54) is 0 Å². The van der Waals surface area contributed by atoms with E-state index in [1.54, 1.807) is 0 Å². The van der Waals surface area contributed by atoms with Gasteiger partial charge in [-0.15, -0.1) is 0 Å². The third-order valence-corrected chi connectivity index (χ3v) is 3.70. The third-order valence-electron chi connectivity index (χ3n) is 3.17. The zero-order valence-electron chi connectivity index (χ0n) is 10.6. The van der Waals surface area contributed by atoms with Crippen LogP contribution in [0.4, 0.5) is 11.4 Å². The van der Waals surface area contributed by atoms with E-state index < -0.39 is 0 Å². The fourth-order valence-corrected chi connectivity index (χ4v) is 2.46. The first-order chi connectivity index (χ1) is 9.78. The van der Waals surface area contributed by atoms with Crippen LogP contribution in [0.2, 0.25) is 0 Å². The largest absolute Gasteiger partial charge is 0.355 e. The molecule has 3 heteroatoms. The SMILES string of the molecule is N#Cc1ccc(Nc2ccc(Br)cc2)c2ccccc12. The van der Waals surface area contributed by atoms with Gasteiger partial charge in [-0.05, 0) is 36.4 Å². The van der Waals surface area contributed by atoms with E-state index in [1.807, 2.05) is 60.7 Å². The zero-order chi connectivity index (χ0) is 13.9. The van der Waals surface area contributed by atoms with Crippen LogP contribution in [0.15, 0.2) is 65.1 Å². The van der Waals surface area contributed by atoms with Crippen LogP contribution in [0.1, 0.15) is 5.56 Å². The van der Waals surface area contributed by atoms with Crippen molar-refractivity contribution < 1.29 is 0 Å². The molecule has 0 saturated heterocycles. The summed E-state index contributed by atoms with van der Waals surface area (Å²) >= 11 is 3.43. The Morgan fingerprint density at radius 1 is 0.850 bits per heavy atom. The second-order valence-corrected chi connectivity index (χ2v) is 5.37. The summed E-state index contributed by atoms with van der Waals surface area (Å²) in [6.07, 6.45) is 0. The maximum absolute atomic E-state index is 9.17. The van der Waals surface area contributed by atoms with E-state index in [9.17, 15) is 5.26 Å². The Kier molecular flexibility index (Phi) is 3.41. The van der Waals surface area contributed by atoms with Gasteiger partial charge in [0.15, 0.2) is 0 Å². The molecule has 96 valence electrons. The molecule has 0 unspecified atom stereocenters. The molecule has 0 fully saturated rings. The lowest BCUT2D eigenvalue weighted by atomic mass is 10.0. The van der Waals surface area contributed by atoms with Gasteiger partial charge in [-0.25, -0.2) is 0 Å². The second-order valence-electron chi connectivity index (χ2n) is 4.45. The average Bonchev–Trinajstić information content (AvgIpc) is 2.50. The van der Waals surface area contributed by atoms with Gasteiger partial charge in [0.1, 0.15) is 0 Å². The van der Waals surface area contributed by atoms with E-state index in [4.69, 9.17) is 0 Å². The molecular formula is C17H11BrN2. The van der Waals surface area contributed by atoms with Crippen LogP contribution >= 0.6 is 15.9 Å². The van der Waals surface area contributed by atoms with Crippen molar-refractivity contribution in [1.82, 2.24) is 0 Å². The molecule has 3 aromatic rings. The van der Waals surface area contributed by atoms with Crippen molar-refractivity contribution in [2.75, 3.05) is 5.32 Å². The number of nitriles is 1. The molecule has 0 saturated carbocycles. The third kappa shape index (κ3) is 2.38. The summed E-state index contributed by atoms with van der Waals surface area (Å²) in [6.45, 7) is 0. The first kappa shape index (κ1) is 12.7. The highest BCUT2D eigenvalue weighted by molar-refractivity contribution is 9.10. The van der Waals surface area contributed by atoms with Gasteiger partial charge in [-0.1, -0.05) is 40.2 Å². The molecule has 3 aromatic carbocycles. The van der Waals surface area contributed by atoms with Crippen molar-refractivity contribution in [3.63, 3.8) is 0 Å². The smallest absolute Gasteiger partial charge is 0.0998 e. The Hall–Kier alpha value is -2.31. The summed E-state index contributed by atoms with van der Waals surface area (Å²) in [5, 5.41) is 14.6. The number of rotatable bonds is 2. The van der Waals surface area contributed by atoms with Crippen LogP contribution in [-0.2, 0) is 0 Å². The number of anilines is 2. The van der Waals surface area contributed by atoms with Crippen molar-refractivity contribution in [3.8, 4) is 6.07 Å². The lowest BCUT2D eigenvalue weighted by molar-refractivity contribution is 1.50. The van der Waals surface area contributed by atoms with E-state index in [2.05, 4.69) is 27.3 Å². The second kappa shape index (κ2) is 5.36. The van der Waals surface area contributed by atoms with Gasteiger partial charge in [-0.2, -0.15) is 5.26 Å². The van der Waals surface area contributed by atoms with E-state index in [-0.39, 0.29) is 0 Å². The normalized spacial score (nSPS) is 10.2. The molecule has 0 amide bonds. The number of nitrogens with one attached hydrogen (secondary N) is 1. The summed E-state index contributed by atoms with van der Waals surface area (Å²) < 4.78 is 1.05. The maximum atomic E-state index is 9.17. The van der Waals surface area contributed by atoms with Crippen molar-refractivity contribution in [2.24, 2.45) is 0 Å². The topological polar surface area (TPSA) is 35.8 Å². The summed E-state index contributed by atoms with van der Waals surface area (Å²) in [6, 6.07) is 22.0. The molecule has 0 bridgehead atoms. The molecule has 0 aromatic heterocycles. The molecule has 0 aliphatic carbocycles. The predicted octanol–water partition coefficient (Wildman–Crippen LogP) is 5.22. The summed E-state index contributed by atoms with van der Waals surface area (Å²) in [7, 11) is 0. The predicted molar refractivity (Wildman–Crippen MR) is 86.1 cm³/mol. The van der Waals surface area contributed by atoms with Crippen LogP contribution in [0.3, 0.4) is 0 Å². The standard InChI is InChI=1S/C17H11BrN2/c18-13-6-8-14(9-7-13)20-17-10-5-12(11-19)15-3-1-2-4-16(15)17/h1-10,20H. The molecule has 2 nitrogen and oxygen atoms in total. The Labute approximate surface area is 125 Å². The number of benzene rings is 3. The summed E-state index contributed by atoms with van der Waals surface area (Å²) in [5.41, 5.74) is 2.71. The quantitative estimate of drug-likeness (QED) is 0.702. The van der Waals surface area contributed by atoms with Crippen LogP contribution in [-0.4, -0.2) is 0 Å². The first-order valence-electron chi connectivity index (χ1n) is 6.22. The van der Waals surface area contributed by atoms with Crippen LogP contribution in [0.25, 0.3) is 10.8 Å². The fourth-order valence-electron chi connectivity index (χ4n) is 2.19. The van der Waals surface area contributed by atoms with E-state index in [0.29, 0.717) is 5.56 Å². The first-order valence-corrected chi connectivity index (χ1v) is 7.01. The van der Waals surface area contributed by atoms with Gasteiger partial charge in [0.2, 0.25) is 0 Å². The van der Waals surface area contributed by atoms with Gasteiger partial charge in [0.25, 0.3) is 0 Å². The highest BCUT2D eigenvalue weighted by Crippen LogP contribution is 2.29. The number of hydrogen-bond donors (Lipinski definition) is 1. The molecule has 3 rings (SSSR count). The van der Waals surface area contributed by atoms with Crippen LogP contribution in [0.5, 0.6) is 0 Å². The minimum Gasteiger partial charge on any atom is -0.355 e. The fraction of sp³-hybridized carbons (Fsp3) is 0. The summed E-state index contributed by atoms with van der Waals surface area (Å²) in [5.74, 6) is 0. The molecule has 0 heterocycles. The minimum atomic E-state index is 0.696. The Balaban J connectivity index is 2.09.